The molecule has 4 N–H and O–H groups in total. The van der Waals surface area contributed by atoms with Gasteiger partial charge < -0.3 is 5.32 Å². The predicted octanol–water partition coefficient (Wildman–Crippen LogP) is 1.13. The molecule has 0 amide bonds. The number of nitrogens with one attached hydrogen (secondary N) is 2. The van der Waals surface area contributed by atoms with Crippen molar-refractivity contribution in [1.29, 1.82) is 5.41 Å². The number of rotatable bonds is 1. The van der Waals surface area contributed by atoms with Gasteiger partial charge in [0.2, 0.25) is 5.84 Å². The fourth-order valence-corrected chi connectivity index (χ4v) is 2.18. The molecule has 1 aliphatic heterocycles. The molecule has 0 saturated carbocycles. The minimum Gasteiger partial charge on any atom is -0.300 e. The smallest absolute Gasteiger partial charge is 0.277 e. The molecular weight excluding hydrogens is 270 g/mol. The zero-order valence-corrected chi connectivity index (χ0v) is 11.3. The molecule has 1 aromatic heterocycles. The first-order chi connectivity index (χ1) is 9.74. The van der Waals surface area contributed by atoms with Crippen molar-refractivity contribution in [2.24, 2.45) is 4.99 Å². The molecule has 98 valence electrons. The minimum atomic E-state index is 0.122. The van der Waals surface area contributed by atoms with Gasteiger partial charge in [0, 0.05) is 18.4 Å². The summed E-state index contributed by atoms with van der Waals surface area (Å²) < 4.78 is 0. The van der Waals surface area contributed by atoms with Crippen LogP contribution in [0, 0.1) is 5.41 Å². The summed E-state index contributed by atoms with van der Waals surface area (Å²) in [5.41, 5.74) is 2.38. The van der Waals surface area contributed by atoms with Crippen molar-refractivity contribution in [3.05, 3.63) is 59.9 Å². The molecule has 0 saturated heterocycles. The Balaban J connectivity index is 2.00. The van der Waals surface area contributed by atoms with E-state index in [1.807, 2.05) is 36.4 Å². The van der Waals surface area contributed by atoms with Crippen molar-refractivity contribution in [3.8, 4) is 0 Å². The average Bonchev–Trinajstić information content (AvgIpc) is 2.48. The van der Waals surface area contributed by atoms with Crippen LogP contribution in [0.2, 0.25) is 0 Å². The third-order valence-electron chi connectivity index (χ3n) is 2.87. The number of quaternary nitrogens is 1. The number of amidine groups is 2. The van der Waals surface area contributed by atoms with Crippen LogP contribution in [0.3, 0.4) is 0 Å². The number of aliphatic imine (C=N–C) groups is 1. The van der Waals surface area contributed by atoms with Crippen molar-refractivity contribution in [3.63, 3.8) is 0 Å². The standard InChI is InChI=1S/C14H11N5S/c15-12(11-7-3-4-8-16-11)18-13-9-5-1-2-6-10(9)17-14(20)19-13/h1-8H,(H3,15,17,18,19,20)/p+1. The van der Waals surface area contributed by atoms with Crippen LogP contribution in [0.4, 0.5) is 5.69 Å². The maximum Gasteiger partial charge on any atom is 0.277 e. The molecule has 2 heterocycles. The summed E-state index contributed by atoms with van der Waals surface area (Å²) in [6.45, 7) is 0. The van der Waals surface area contributed by atoms with E-state index in [1.165, 1.54) is 0 Å². The van der Waals surface area contributed by atoms with E-state index in [0.29, 0.717) is 16.6 Å². The van der Waals surface area contributed by atoms with Crippen LogP contribution in [0.25, 0.3) is 0 Å². The second kappa shape index (κ2) is 5.28. The summed E-state index contributed by atoms with van der Waals surface area (Å²) in [6, 6.07) is 13.2. The lowest BCUT2D eigenvalue weighted by Gasteiger charge is -2.16. The monoisotopic (exact) mass is 282 g/mol. The van der Waals surface area contributed by atoms with E-state index < -0.39 is 0 Å². The molecule has 0 atom stereocenters. The predicted molar refractivity (Wildman–Crippen MR) is 82.2 cm³/mol. The topological polar surface area (TPSA) is 77.7 Å². The van der Waals surface area contributed by atoms with Crippen LogP contribution < -0.4 is 10.6 Å². The third kappa shape index (κ3) is 2.47. The van der Waals surface area contributed by atoms with Gasteiger partial charge in [0.05, 0.1) is 11.3 Å². The summed E-state index contributed by atoms with van der Waals surface area (Å²) in [5, 5.41) is 13.5. The van der Waals surface area contributed by atoms with Gasteiger partial charge in [0.1, 0.15) is 5.69 Å². The molecular formula is C14H12N5S+. The highest BCUT2D eigenvalue weighted by atomic mass is 32.1. The zero-order valence-electron chi connectivity index (χ0n) is 10.5. The third-order valence-corrected chi connectivity index (χ3v) is 3.09. The maximum absolute atomic E-state index is 8.04. The van der Waals surface area contributed by atoms with Crippen LogP contribution in [0.1, 0.15) is 11.3 Å². The molecule has 0 radical (unpaired) electrons. The summed E-state index contributed by atoms with van der Waals surface area (Å²) in [7, 11) is 0. The van der Waals surface area contributed by atoms with E-state index in [9.17, 15) is 0 Å². The van der Waals surface area contributed by atoms with Gasteiger partial charge in [-0.2, -0.15) is 4.99 Å². The fraction of sp³-hybridized carbons (Fsp3) is 0. The molecule has 5 nitrogen and oxygen atoms in total. The van der Waals surface area contributed by atoms with Crippen LogP contribution >= 0.6 is 12.2 Å². The number of nitrogens with two attached hydrogens (primary N) is 1. The number of aromatic nitrogens is 1. The fourth-order valence-electron chi connectivity index (χ4n) is 1.96. The molecule has 2 aromatic rings. The quantitative estimate of drug-likeness (QED) is 0.417. The molecule has 0 unspecified atom stereocenters. The SMILES string of the molecule is N=C(N=C1[NH2+]C(=S)Nc2ccccc21)c1ccccn1. The molecule has 1 aliphatic rings. The molecule has 3 rings (SSSR count). The van der Waals surface area contributed by atoms with Crippen LogP contribution in [-0.2, 0) is 0 Å². The van der Waals surface area contributed by atoms with Crippen LogP contribution in [0.15, 0.2) is 53.7 Å². The van der Waals surface area contributed by atoms with Gasteiger partial charge in [0.25, 0.3) is 5.11 Å². The first kappa shape index (κ1) is 12.6. The number of nitrogens with zero attached hydrogens (tertiary/aromatic N) is 2. The largest absolute Gasteiger partial charge is 0.300 e. The summed E-state index contributed by atoms with van der Waals surface area (Å²) in [6.07, 6.45) is 1.65. The lowest BCUT2D eigenvalue weighted by molar-refractivity contribution is -0.402. The summed E-state index contributed by atoms with van der Waals surface area (Å²) in [5.74, 6) is 0.802. The van der Waals surface area contributed by atoms with Crippen molar-refractivity contribution < 1.29 is 5.32 Å². The number of hydrogen-bond acceptors (Lipinski definition) is 3. The Kier molecular flexibility index (Phi) is 3.32. The van der Waals surface area contributed by atoms with Crippen molar-refractivity contribution >= 4 is 34.7 Å². The molecule has 0 bridgehead atoms. The lowest BCUT2D eigenvalue weighted by atomic mass is 10.1. The number of hydrogen-bond donors (Lipinski definition) is 3. The Morgan fingerprint density at radius 2 is 2.00 bits per heavy atom. The number of thiocarbonyl (C=S) groups is 1. The van der Waals surface area contributed by atoms with Gasteiger partial charge in [0.15, 0.2) is 5.84 Å². The van der Waals surface area contributed by atoms with Crippen molar-refractivity contribution in [2.45, 2.75) is 0 Å². The number of pyridine rings is 1. The second-order valence-electron chi connectivity index (χ2n) is 4.24. The summed E-state index contributed by atoms with van der Waals surface area (Å²) >= 11 is 5.19. The Morgan fingerprint density at radius 3 is 2.80 bits per heavy atom. The molecule has 20 heavy (non-hydrogen) atoms. The van der Waals surface area contributed by atoms with E-state index in [1.54, 1.807) is 17.6 Å². The number of fused-ring (bicyclic) bond motifs is 1. The minimum absolute atomic E-state index is 0.122. The van der Waals surface area contributed by atoms with Crippen LogP contribution in [0.5, 0.6) is 0 Å². The van der Waals surface area contributed by atoms with E-state index >= 15 is 0 Å². The van der Waals surface area contributed by atoms with E-state index in [4.69, 9.17) is 17.6 Å². The van der Waals surface area contributed by atoms with E-state index in [0.717, 1.165) is 11.3 Å². The molecule has 6 heteroatoms. The van der Waals surface area contributed by atoms with Crippen LogP contribution in [-0.4, -0.2) is 21.8 Å². The molecule has 0 spiro atoms. The average molecular weight is 282 g/mol. The normalized spacial score (nSPS) is 15.6. The van der Waals surface area contributed by atoms with E-state index in [2.05, 4.69) is 15.3 Å². The Labute approximate surface area is 121 Å². The molecule has 0 fully saturated rings. The number of benzene rings is 1. The number of anilines is 1. The van der Waals surface area contributed by atoms with Gasteiger partial charge in [-0.1, -0.05) is 18.2 Å². The molecule has 0 aliphatic carbocycles. The van der Waals surface area contributed by atoms with E-state index in [-0.39, 0.29) is 5.84 Å². The first-order valence-electron chi connectivity index (χ1n) is 6.08. The van der Waals surface area contributed by atoms with Crippen molar-refractivity contribution in [2.75, 3.05) is 5.32 Å². The highest BCUT2D eigenvalue weighted by Gasteiger charge is 2.23. The summed E-state index contributed by atoms with van der Waals surface area (Å²) in [4.78, 5) is 8.48. The second-order valence-corrected chi connectivity index (χ2v) is 4.68. The van der Waals surface area contributed by atoms with Gasteiger partial charge in [-0.3, -0.25) is 10.4 Å². The first-order valence-corrected chi connectivity index (χ1v) is 6.48. The van der Waals surface area contributed by atoms with Gasteiger partial charge in [-0.15, -0.1) is 0 Å². The van der Waals surface area contributed by atoms with Crippen molar-refractivity contribution in [1.82, 2.24) is 4.98 Å². The highest BCUT2D eigenvalue weighted by Crippen LogP contribution is 2.16. The lowest BCUT2D eigenvalue weighted by Crippen LogP contribution is -2.94. The Bertz CT molecular complexity index is 709. The Morgan fingerprint density at radius 1 is 1.20 bits per heavy atom. The van der Waals surface area contributed by atoms with Gasteiger partial charge >= 0.3 is 0 Å². The number of para-hydroxylation sites is 1. The molecule has 1 aromatic carbocycles. The Hall–Kier alpha value is -2.44. The van der Waals surface area contributed by atoms with Gasteiger partial charge in [-0.25, -0.2) is 5.32 Å². The highest BCUT2D eigenvalue weighted by molar-refractivity contribution is 7.80. The zero-order chi connectivity index (χ0) is 13.9. The van der Waals surface area contributed by atoms with Gasteiger partial charge in [-0.05, 0) is 24.3 Å². The maximum atomic E-state index is 8.04.